The van der Waals surface area contributed by atoms with Crippen LogP contribution >= 0.6 is 0 Å². The number of anilines is 1. The standard InChI is InChI=1S/C18H20N6O2/c1-11-15-12(2)24(14-4-3-7-19-10-14)22-16(15)17(21-20-11)23-8-5-13(6-9-23)18(25)26/h3-4,7,10,13H,5-6,8-9H2,1-2H3,(H,25,26). The molecule has 0 unspecified atom stereocenters. The monoisotopic (exact) mass is 352 g/mol. The van der Waals surface area contributed by atoms with E-state index in [0.717, 1.165) is 33.8 Å². The second-order valence-electron chi connectivity index (χ2n) is 6.64. The molecule has 8 heteroatoms. The molecule has 0 atom stereocenters. The maximum Gasteiger partial charge on any atom is 0.306 e. The summed E-state index contributed by atoms with van der Waals surface area (Å²) in [7, 11) is 0. The molecule has 0 spiro atoms. The fourth-order valence-electron chi connectivity index (χ4n) is 3.59. The van der Waals surface area contributed by atoms with Crippen LogP contribution in [0.25, 0.3) is 16.6 Å². The van der Waals surface area contributed by atoms with Crippen molar-refractivity contribution >= 4 is 22.7 Å². The van der Waals surface area contributed by atoms with Crippen LogP contribution < -0.4 is 4.90 Å². The van der Waals surface area contributed by atoms with Crippen molar-refractivity contribution in [2.24, 2.45) is 5.92 Å². The van der Waals surface area contributed by atoms with Crippen LogP contribution in [-0.4, -0.2) is 49.1 Å². The molecule has 0 bridgehead atoms. The molecule has 4 rings (SSSR count). The number of nitrogens with zero attached hydrogens (tertiary/aromatic N) is 6. The van der Waals surface area contributed by atoms with Crippen molar-refractivity contribution in [2.75, 3.05) is 18.0 Å². The zero-order chi connectivity index (χ0) is 18.3. The molecule has 1 aliphatic heterocycles. The number of carbonyl (C=O) groups is 1. The third kappa shape index (κ3) is 2.67. The highest BCUT2D eigenvalue weighted by molar-refractivity contribution is 5.92. The van der Waals surface area contributed by atoms with E-state index in [1.165, 1.54) is 0 Å². The lowest BCUT2D eigenvalue weighted by Gasteiger charge is -2.30. The van der Waals surface area contributed by atoms with E-state index in [1.54, 1.807) is 12.4 Å². The van der Waals surface area contributed by atoms with Crippen LogP contribution in [-0.2, 0) is 4.79 Å². The Labute approximate surface area is 150 Å². The fraction of sp³-hybridized carbons (Fsp3) is 0.389. The highest BCUT2D eigenvalue weighted by Crippen LogP contribution is 2.31. The van der Waals surface area contributed by atoms with Gasteiger partial charge < -0.3 is 10.0 Å². The summed E-state index contributed by atoms with van der Waals surface area (Å²) in [6.07, 6.45) is 4.71. The number of carboxylic acids is 1. The van der Waals surface area contributed by atoms with Crippen molar-refractivity contribution in [1.29, 1.82) is 0 Å². The topological polar surface area (TPSA) is 97.0 Å². The largest absolute Gasteiger partial charge is 0.481 e. The van der Waals surface area contributed by atoms with E-state index >= 15 is 0 Å². The van der Waals surface area contributed by atoms with Crippen LogP contribution in [0.15, 0.2) is 24.5 Å². The first-order chi connectivity index (χ1) is 12.6. The van der Waals surface area contributed by atoms with Crippen LogP contribution in [0.3, 0.4) is 0 Å². The quantitative estimate of drug-likeness (QED) is 0.771. The lowest BCUT2D eigenvalue weighted by molar-refractivity contribution is -0.142. The van der Waals surface area contributed by atoms with Gasteiger partial charge in [0.05, 0.1) is 34.6 Å². The highest BCUT2D eigenvalue weighted by Gasteiger charge is 2.28. The predicted octanol–water partition coefficient (Wildman–Crippen LogP) is 2.13. The molecular formula is C18H20N6O2. The molecule has 134 valence electrons. The van der Waals surface area contributed by atoms with Crippen LogP contribution in [0.2, 0.25) is 0 Å². The molecule has 1 N–H and O–H groups in total. The Morgan fingerprint density at radius 3 is 2.65 bits per heavy atom. The number of aliphatic carboxylic acids is 1. The summed E-state index contributed by atoms with van der Waals surface area (Å²) in [5, 5.41) is 23.7. The number of fused-ring (bicyclic) bond motifs is 1. The minimum Gasteiger partial charge on any atom is -0.481 e. The van der Waals surface area contributed by atoms with E-state index < -0.39 is 5.97 Å². The average molecular weight is 352 g/mol. The van der Waals surface area contributed by atoms with E-state index in [-0.39, 0.29) is 5.92 Å². The van der Waals surface area contributed by atoms with Crippen molar-refractivity contribution < 1.29 is 9.90 Å². The number of piperidine rings is 1. The Hall–Kier alpha value is -3.03. The van der Waals surface area contributed by atoms with Gasteiger partial charge in [-0.1, -0.05) is 0 Å². The van der Waals surface area contributed by atoms with Crippen LogP contribution in [0.5, 0.6) is 0 Å². The molecule has 4 heterocycles. The molecule has 3 aromatic rings. The maximum absolute atomic E-state index is 11.2. The Morgan fingerprint density at radius 2 is 2.00 bits per heavy atom. The summed E-state index contributed by atoms with van der Waals surface area (Å²) in [6, 6.07) is 3.84. The van der Waals surface area contributed by atoms with Crippen molar-refractivity contribution in [2.45, 2.75) is 26.7 Å². The molecule has 1 aliphatic rings. The predicted molar refractivity (Wildman–Crippen MR) is 96.5 cm³/mol. The van der Waals surface area contributed by atoms with Gasteiger partial charge >= 0.3 is 5.97 Å². The van der Waals surface area contributed by atoms with Gasteiger partial charge in [0.1, 0.15) is 5.52 Å². The molecule has 0 aromatic carbocycles. The molecule has 0 saturated carbocycles. The summed E-state index contributed by atoms with van der Waals surface area (Å²) < 4.78 is 1.86. The zero-order valence-corrected chi connectivity index (χ0v) is 14.8. The Morgan fingerprint density at radius 1 is 1.23 bits per heavy atom. The molecule has 1 saturated heterocycles. The second-order valence-corrected chi connectivity index (χ2v) is 6.64. The molecular weight excluding hydrogens is 332 g/mol. The number of hydrogen-bond acceptors (Lipinski definition) is 6. The first kappa shape index (κ1) is 16.4. The van der Waals surface area contributed by atoms with Crippen LogP contribution in [0.4, 0.5) is 5.82 Å². The van der Waals surface area contributed by atoms with E-state index in [2.05, 4.69) is 20.1 Å². The Balaban J connectivity index is 1.78. The average Bonchev–Trinajstić information content (AvgIpc) is 3.01. The van der Waals surface area contributed by atoms with E-state index in [0.29, 0.717) is 25.9 Å². The van der Waals surface area contributed by atoms with Gasteiger partial charge in [-0.15, -0.1) is 5.10 Å². The summed E-state index contributed by atoms with van der Waals surface area (Å²) in [4.78, 5) is 17.5. The van der Waals surface area contributed by atoms with E-state index in [4.69, 9.17) is 5.10 Å². The minimum atomic E-state index is -0.721. The molecule has 1 fully saturated rings. The summed E-state index contributed by atoms with van der Waals surface area (Å²) in [6.45, 7) is 5.22. The van der Waals surface area contributed by atoms with Crippen molar-refractivity contribution in [3.05, 3.63) is 35.9 Å². The maximum atomic E-state index is 11.2. The first-order valence-corrected chi connectivity index (χ1v) is 8.67. The Bertz CT molecular complexity index is 961. The van der Waals surface area contributed by atoms with Crippen LogP contribution in [0, 0.1) is 19.8 Å². The fourth-order valence-corrected chi connectivity index (χ4v) is 3.59. The van der Waals surface area contributed by atoms with Gasteiger partial charge in [-0.2, -0.15) is 10.2 Å². The van der Waals surface area contributed by atoms with Crippen LogP contribution in [0.1, 0.15) is 24.2 Å². The molecule has 0 amide bonds. The van der Waals surface area contributed by atoms with Gasteiger partial charge in [0.25, 0.3) is 0 Å². The summed E-state index contributed by atoms with van der Waals surface area (Å²) in [5.41, 5.74) is 3.50. The highest BCUT2D eigenvalue weighted by atomic mass is 16.4. The van der Waals surface area contributed by atoms with Gasteiger partial charge in [-0.25, -0.2) is 4.68 Å². The minimum absolute atomic E-state index is 0.283. The number of rotatable bonds is 3. The molecule has 26 heavy (non-hydrogen) atoms. The van der Waals surface area contributed by atoms with Crippen molar-refractivity contribution in [1.82, 2.24) is 25.0 Å². The van der Waals surface area contributed by atoms with Gasteiger partial charge in [-0.05, 0) is 38.8 Å². The molecule has 8 nitrogen and oxygen atoms in total. The number of carboxylic acid groups (broad SMARTS) is 1. The van der Waals surface area contributed by atoms with Gasteiger partial charge in [0.2, 0.25) is 0 Å². The number of aryl methyl sites for hydroxylation is 2. The molecule has 3 aromatic heterocycles. The molecule has 0 aliphatic carbocycles. The summed E-state index contributed by atoms with van der Waals surface area (Å²) in [5.74, 6) is -0.281. The van der Waals surface area contributed by atoms with E-state index in [9.17, 15) is 9.90 Å². The SMILES string of the molecule is Cc1nnc(N2CCC(C(=O)O)CC2)c2nn(-c3cccnc3)c(C)c12. The number of hydrogen-bond donors (Lipinski definition) is 1. The third-order valence-corrected chi connectivity index (χ3v) is 5.02. The lowest BCUT2D eigenvalue weighted by atomic mass is 9.97. The van der Waals surface area contributed by atoms with Crippen molar-refractivity contribution in [3.63, 3.8) is 0 Å². The van der Waals surface area contributed by atoms with Gasteiger partial charge in [0.15, 0.2) is 5.82 Å². The number of aromatic nitrogens is 5. The lowest BCUT2D eigenvalue weighted by Crippen LogP contribution is -2.37. The zero-order valence-electron chi connectivity index (χ0n) is 14.8. The Kier molecular flexibility index (Phi) is 4.02. The van der Waals surface area contributed by atoms with Gasteiger partial charge in [0, 0.05) is 19.3 Å². The van der Waals surface area contributed by atoms with Crippen molar-refractivity contribution in [3.8, 4) is 5.69 Å². The summed E-state index contributed by atoms with van der Waals surface area (Å²) >= 11 is 0. The van der Waals surface area contributed by atoms with E-state index in [1.807, 2.05) is 30.7 Å². The normalized spacial score (nSPS) is 15.5. The third-order valence-electron chi connectivity index (χ3n) is 5.02. The second kappa shape index (κ2) is 6.36. The molecule has 0 radical (unpaired) electrons. The smallest absolute Gasteiger partial charge is 0.306 e. The first-order valence-electron chi connectivity index (χ1n) is 8.67. The number of pyridine rings is 1. The van der Waals surface area contributed by atoms with Gasteiger partial charge in [-0.3, -0.25) is 9.78 Å².